The molecule has 3 aromatic rings. The Kier molecular flexibility index (Phi) is 3.10. The molecule has 0 saturated heterocycles. The van der Waals surface area contributed by atoms with Crippen LogP contribution in [-0.4, -0.2) is 0 Å². The normalized spacial score (nSPS) is 16.7. The second kappa shape index (κ2) is 6.37. The van der Waals surface area contributed by atoms with Crippen molar-refractivity contribution < 1.29 is 10.1 Å². The summed E-state index contributed by atoms with van der Waals surface area (Å²) < 4.78 is 33.6. The Morgan fingerprint density at radius 3 is 2.52 bits per heavy atom. The fourth-order valence-electron chi connectivity index (χ4n) is 2.78. The van der Waals surface area contributed by atoms with Gasteiger partial charge in [-0.05, 0) is 41.1 Å². The van der Waals surface area contributed by atoms with Gasteiger partial charge < -0.3 is 0 Å². The molecular weight excluding hydrogens is 278 g/mol. The van der Waals surface area contributed by atoms with Gasteiger partial charge in [0.25, 0.3) is 0 Å². The van der Waals surface area contributed by atoms with Gasteiger partial charge in [-0.15, -0.1) is 0 Å². The molecule has 0 aliphatic carbocycles. The zero-order chi connectivity index (χ0) is 19.8. The highest BCUT2D eigenvalue weighted by Gasteiger charge is 2.15. The Hall–Kier alpha value is -2.41. The second-order valence-corrected chi connectivity index (χ2v) is 5.93. The molecule has 0 amide bonds. The topological polar surface area (TPSA) is 3.88 Å². The molecule has 0 spiro atoms. The van der Waals surface area contributed by atoms with Gasteiger partial charge in [-0.25, -0.2) is 4.57 Å². The summed E-state index contributed by atoms with van der Waals surface area (Å²) in [4.78, 5) is 0. The van der Waals surface area contributed by atoms with Crippen LogP contribution in [-0.2, 0) is 7.05 Å². The maximum atomic E-state index is 8.41. The van der Waals surface area contributed by atoms with Gasteiger partial charge in [-0.2, -0.15) is 0 Å². The SMILES string of the molecule is [2H]C([2H])([2H])C([2H])(C)c1cc[n+](C)c(-c2cc(-c3ccccc3)ccc2C)c1. The maximum Gasteiger partial charge on any atom is 0.212 e. The molecule has 0 N–H and O–H groups in total. The van der Waals surface area contributed by atoms with E-state index in [1.807, 2.05) is 49.0 Å². The molecule has 0 fully saturated rings. The van der Waals surface area contributed by atoms with Crippen molar-refractivity contribution in [2.75, 3.05) is 0 Å². The number of hydrogen-bond donors (Lipinski definition) is 0. The molecule has 0 aliphatic rings. The zero-order valence-corrected chi connectivity index (χ0v) is 13.8. The highest BCUT2D eigenvalue weighted by Crippen LogP contribution is 2.29. The van der Waals surface area contributed by atoms with Gasteiger partial charge in [-0.1, -0.05) is 56.2 Å². The predicted molar refractivity (Wildman–Crippen MR) is 97.3 cm³/mol. The Balaban J connectivity index is 2.16. The van der Waals surface area contributed by atoms with Crippen molar-refractivity contribution in [3.05, 3.63) is 78.0 Å². The molecule has 116 valence electrons. The first kappa shape index (κ1) is 11.2. The van der Waals surface area contributed by atoms with Crippen molar-refractivity contribution in [1.29, 1.82) is 0 Å². The first-order valence-corrected chi connectivity index (χ1v) is 7.78. The van der Waals surface area contributed by atoms with Crippen LogP contribution in [0.5, 0.6) is 0 Å². The summed E-state index contributed by atoms with van der Waals surface area (Å²) in [5, 5.41) is 0. The number of nitrogens with zero attached hydrogens (tertiary/aromatic N) is 1. The van der Waals surface area contributed by atoms with Crippen LogP contribution in [0.3, 0.4) is 0 Å². The number of aromatic nitrogens is 1. The molecule has 1 unspecified atom stereocenters. The molecular formula is C22H24N+. The molecule has 3 rings (SSSR count). The van der Waals surface area contributed by atoms with Crippen LogP contribution < -0.4 is 4.57 Å². The molecule has 23 heavy (non-hydrogen) atoms. The lowest BCUT2D eigenvalue weighted by molar-refractivity contribution is -0.660. The van der Waals surface area contributed by atoms with Gasteiger partial charge in [0.15, 0.2) is 6.20 Å². The van der Waals surface area contributed by atoms with Crippen LogP contribution in [0.15, 0.2) is 66.9 Å². The molecule has 1 atom stereocenters. The minimum absolute atomic E-state index is 0.486. The molecule has 1 aromatic heterocycles. The van der Waals surface area contributed by atoms with Crippen molar-refractivity contribution in [2.45, 2.75) is 26.6 Å². The summed E-state index contributed by atoms with van der Waals surface area (Å²) in [6.45, 7) is 1.10. The van der Waals surface area contributed by atoms with Crippen molar-refractivity contribution >= 4 is 0 Å². The third kappa shape index (κ3) is 3.19. The predicted octanol–water partition coefficient (Wildman–Crippen LogP) is 5.28. The van der Waals surface area contributed by atoms with E-state index in [4.69, 9.17) is 5.48 Å². The van der Waals surface area contributed by atoms with E-state index < -0.39 is 12.7 Å². The smallest absolute Gasteiger partial charge is 0.201 e. The van der Waals surface area contributed by atoms with Crippen molar-refractivity contribution in [3.63, 3.8) is 0 Å². The quantitative estimate of drug-likeness (QED) is 0.580. The van der Waals surface area contributed by atoms with Crippen molar-refractivity contribution in [2.24, 2.45) is 7.05 Å². The monoisotopic (exact) mass is 306 g/mol. The third-order valence-corrected chi connectivity index (χ3v) is 4.20. The highest BCUT2D eigenvalue weighted by atomic mass is 14.9. The van der Waals surface area contributed by atoms with E-state index in [1.54, 1.807) is 6.07 Å². The minimum Gasteiger partial charge on any atom is -0.201 e. The average molecular weight is 306 g/mol. The fraction of sp³-hybridized carbons (Fsp3) is 0.227. The van der Waals surface area contributed by atoms with Gasteiger partial charge in [0, 0.05) is 23.2 Å². The summed E-state index contributed by atoms with van der Waals surface area (Å²) >= 11 is 0. The molecule has 1 nitrogen and oxygen atoms in total. The zero-order valence-electron chi connectivity index (χ0n) is 17.8. The summed E-state index contributed by atoms with van der Waals surface area (Å²) in [6, 6.07) is 20.0. The summed E-state index contributed by atoms with van der Waals surface area (Å²) in [5.41, 5.74) is 5.74. The van der Waals surface area contributed by atoms with E-state index in [-0.39, 0.29) is 0 Å². The van der Waals surface area contributed by atoms with E-state index in [1.165, 1.54) is 6.92 Å². The first-order chi connectivity index (χ1) is 12.6. The summed E-state index contributed by atoms with van der Waals surface area (Å²) in [5.74, 6) is -1.67. The molecule has 2 aromatic carbocycles. The Morgan fingerprint density at radius 2 is 1.78 bits per heavy atom. The van der Waals surface area contributed by atoms with Crippen LogP contribution in [0.4, 0.5) is 0 Å². The molecule has 0 aliphatic heterocycles. The maximum absolute atomic E-state index is 8.41. The van der Waals surface area contributed by atoms with E-state index in [2.05, 4.69) is 30.3 Å². The van der Waals surface area contributed by atoms with E-state index in [9.17, 15) is 0 Å². The van der Waals surface area contributed by atoms with Gasteiger partial charge in [0.05, 0.1) is 0 Å². The van der Waals surface area contributed by atoms with Gasteiger partial charge >= 0.3 is 0 Å². The first-order valence-electron chi connectivity index (χ1n) is 9.78. The Labute approximate surface area is 144 Å². The largest absolute Gasteiger partial charge is 0.212 e. The number of hydrogen-bond acceptors (Lipinski definition) is 0. The van der Waals surface area contributed by atoms with E-state index in [0.29, 0.717) is 5.56 Å². The molecule has 1 heteroatoms. The number of pyridine rings is 1. The van der Waals surface area contributed by atoms with Crippen molar-refractivity contribution in [3.8, 4) is 22.4 Å². The lowest BCUT2D eigenvalue weighted by atomic mass is 9.95. The van der Waals surface area contributed by atoms with Gasteiger partial charge in [0.1, 0.15) is 7.05 Å². The van der Waals surface area contributed by atoms with Crippen LogP contribution in [0.25, 0.3) is 22.4 Å². The Bertz CT molecular complexity index is 960. The summed E-state index contributed by atoms with van der Waals surface area (Å²) in [6.07, 6.45) is 1.83. The van der Waals surface area contributed by atoms with E-state index in [0.717, 1.165) is 27.9 Å². The number of benzene rings is 2. The lowest BCUT2D eigenvalue weighted by Gasteiger charge is -2.11. The number of rotatable bonds is 3. The van der Waals surface area contributed by atoms with Gasteiger partial charge in [0.2, 0.25) is 5.69 Å². The highest BCUT2D eigenvalue weighted by molar-refractivity contribution is 5.72. The third-order valence-electron chi connectivity index (χ3n) is 4.20. The molecule has 1 heterocycles. The summed E-state index contributed by atoms with van der Waals surface area (Å²) in [7, 11) is 1.93. The molecule has 0 bridgehead atoms. The molecule has 0 radical (unpaired) electrons. The van der Waals surface area contributed by atoms with Gasteiger partial charge in [-0.3, -0.25) is 0 Å². The Morgan fingerprint density at radius 1 is 1.00 bits per heavy atom. The lowest BCUT2D eigenvalue weighted by Crippen LogP contribution is -2.30. The van der Waals surface area contributed by atoms with E-state index >= 15 is 0 Å². The van der Waals surface area contributed by atoms with Crippen LogP contribution in [0.2, 0.25) is 0 Å². The standard InChI is InChI=1S/C22H24N/c1-16(2)19-12-13-23(4)22(15-19)21-14-20(11-10-17(21)3)18-8-6-5-7-9-18/h5-16H,1-4H3/q+1/i1D3,16D. The van der Waals surface area contributed by atoms with Crippen LogP contribution in [0, 0.1) is 6.92 Å². The van der Waals surface area contributed by atoms with Crippen molar-refractivity contribution in [1.82, 2.24) is 0 Å². The number of aryl methyl sites for hydroxylation is 2. The fourth-order valence-corrected chi connectivity index (χ4v) is 2.78. The average Bonchev–Trinajstić information content (AvgIpc) is 2.62. The van der Waals surface area contributed by atoms with Crippen LogP contribution >= 0.6 is 0 Å². The minimum atomic E-state index is -2.40. The van der Waals surface area contributed by atoms with Crippen LogP contribution in [0.1, 0.15) is 36.3 Å². The second-order valence-electron chi connectivity index (χ2n) is 5.93. The molecule has 0 saturated carbocycles.